The van der Waals surface area contributed by atoms with Crippen molar-refractivity contribution >= 4 is 17.5 Å². The number of carbonyl (C=O) groups is 2. The average molecular weight is 338 g/mol. The van der Waals surface area contributed by atoms with E-state index in [0.29, 0.717) is 12.2 Å². The molecule has 0 radical (unpaired) electrons. The van der Waals surface area contributed by atoms with E-state index in [1.165, 1.54) is 24.3 Å². The number of amides is 2. The van der Waals surface area contributed by atoms with Gasteiger partial charge in [0.2, 0.25) is 0 Å². The molecule has 6 nitrogen and oxygen atoms in total. The van der Waals surface area contributed by atoms with E-state index in [1.54, 1.807) is 5.01 Å². The minimum Gasteiger partial charge on any atom is -0.271 e. The van der Waals surface area contributed by atoms with Crippen LogP contribution in [0.3, 0.4) is 0 Å². The summed E-state index contributed by atoms with van der Waals surface area (Å²) < 4.78 is 13.1. The maximum absolute atomic E-state index is 13.1. The average Bonchev–Trinajstić information content (AvgIpc) is 3.12. The number of anilines is 1. The molecule has 0 N–H and O–H groups in total. The number of hydrogen-bond donors (Lipinski definition) is 0. The molecule has 2 aromatic rings. The second-order valence-electron chi connectivity index (χ2n) is 6.11. The third-order valence-electron chi connectivity index (χ3n) is 4.54. The van der Waals surface area contributed by atoms with Gasteiger partial charge in [-0.1, -0.05) is 29.5 Å². The summed E-state index contributed by atoms with van der Waals surface area (Å²) in [6.07, 6.45) is 0. The van der Waals surface area contributed by atoms with Crippen molar-refractivity contribution in [2.24, 2.45) is 10.3 Å². The Morgan fingerprint density at radius 3 is 2.48 bits per heavy atom. The van der Waals surface area contributed by atoms with E-state index in [-0.39, 0.29) is 5.91 Å². The van der Waals surface area contributed by atoms with Crippen molar-refractivity contribution in [3.63, 3.8) is 0 Å². The van der Waals surface area contributed by atoms with E-state index in [2.05, 4.69) is 10.3 Å². The van der Waals surface area contributed by atoms with Gasteiger partial charge in [-0.3, -0.25) is 14.6 Å². The molecule has 0 bridgehead atoms. The van der Waals surface area contributed by atoms with Crippen LogP contribution in [-0.4, -0.2) is 28.9 Å². The van der Waals surface area contributed by atoms with Crippen molar-refractivity contribution < 1.29 is 14.0 Å². The number of imide groups is 1. The predicted molar refractivity (Wildman–Crippen MR) is 88.0 cm³/mol. The number of aryl methyl sites for hydroxylation is 1. The predicted octanol–water partition coefficient (Wildman–Crippen LogP) is 2.63. The summed E-state index contributed by atoms with van der Waals surface area (Å²) in [5.41, 5.74) is 2.44. The zero-order valence-electron chi connectivity index (χ0n) is 13.5. The van der Waals surface area contributed by atoms with E-state index in [9.17, 15) is 14.0 Å². The topological polar surface area (TPSA) is 65.3 Å². The first-order valence-electron chi connectivity index (χ1n) is 7.91. The maximum Gasteiger partial charge on any atom is 0.263 e. The molecule has 2 aliphatic rings. The Bertz CT molecular complexity index is 881. The molecule has 1 saturated heterocycles. The first-order chi connectivity index (χ1) is 12.1. The summed E-state index contributed by atoms with van der Waals surface area (Å²) in [5.74, 6) is -1.25. The van der Waals surface area contributed by atoms with Crippen molar-refractivity contribution in [2.45, 2.75) is 25.6 Å². The van der Waals surface area contributed by atoms with Gasteiger partial charge in [0.1, 0.15) is 5.82 Å². The van der Waals surface area contributed by atoms with Crippen LogP contribution in [0, 0.1) is 12.7 Å². The third kappa shape index (κ3) is 2.48. The zero-order chi connectivity index (χ0) is 17.6. The maximum atomic E-state index is 13.1. The Morgan fingerprint density at radius 1 is 1.04 bits per heavy atom. The molecule has 2 aromatic carbocycles. The number of carbonyl (C=O) groups excluding carboxylic acids is 2. The monoisotopic (exact) mass is 338 g/mol. The molecular weight excluding hydrogens is 323 g/mol. The van der Waals surface area contributed by atoms with Gasteiger partial charge >= 0.3 is 0 Å². The zero-order valence-corrected chi connectivity index (χ0v) is 13.5. The van der Waals surface area contributed by atoms with Gasteiger partial charge in [-0.2, -0.15) is 5.11 Å². The molecule has 2 amide bonds. The van der Waals surface area contributed by atoms with E-state index in [0.717, 1.165) is 16.0 Å². The second kappa shape index (κ2) is 5.77. The first-order valence-corrected chi connectivity index (χ1v) is 7.91. The van der Waals surface area contributed by atoms with E-state index < -0.39 is 23.8 Å². The van der Waals surface area contributed by atoms with Gasteiger partial charge in [-0.15, -0.1) is 0 Å². The highest BCUT2D eigenvalue weighted by atomic mass is 19.1. The quantitative estimate of drug-likeness (QED) is 0.808. The van der Waals surface area contributed by atoms with Crippen molar-refractivity contribution in [3.8, 4) is 0 Å². The summed E-state index contributed by atoms with van der Waals surface area (Å²) in [7, 11) is 0. The Kier molecular flexibility index (Phi) is 3.56. The van der Waals surface area contributed by atoms with Crippen molar-refractivity contribution in [1.82, 2.24) is 5.01 Å². The summed E-state index contributed by atoms with van der Waals surface area (Å²) in [6, 6.07) is 11.5. The minimum atomic E-state index is -0.846. The first kappa shape index (κ1) is 15.4. The van der Waals surface area contributed by atoms with Crippen LogP contribution in [-0.2, 0) is 16.1 Å². The number of fused-ring (bicyclic) bond motifs is 1. The highest BCUT2D eigenvalue weighted by Crippen LogP contribution is 2.33. The van der Waals surface area contributed by atoms with Gasteiger partial charge in [-0.05, 0) is 42.3 Å². The molecule has 4 rings (SSSR count). The number of halogens is 1. The van der Waals surface area contributed by atoms with Crippen LogP contribution >= 0.6 is 0 Å². The number of benzene rings is 2. The third-order valence-corrected chi connectivity index (χ3v) is 4.54. The highest BCUT2D eigenvalue weighted by Gasteiger charge is 2.54. The van der Waals surface area contributed by atoms with Crippen molar-refractivity contribution in [1.29, 1.82) is 0 Å². The van der Waals surface area contributed by atoms with Gasteiger partial charge in [0, 0.05) is 0 Å². The SMILES string of the molecule is Cc1ccccc1CN1N=N[C@H]2C(=O)N(c3ccc(F)cc3)C(=O)[C@@H]21. The van der Waals surface area contributed by atoms with E-state index in [1.807, 2.05) is 31.2 Å². The van der Waals surface area contributed by atoms with Gasteiger partial charge < -0.3 is 0 Å². The molecule has 0 aromatic heterocycles. The lowest BCUT2D eigenvalue weighted by Gasteiger charge is -2.21. The van der Waals surface area contributed by atoms with Crippen LogP contribution in [0.1, 0.15) is 11.1 Å². The molecule has 7 heteroatoms. The summed E-state index contributed by atoms with van der Waals surface area (Å²) in [5, 5.41) is 9.58. The lowest BCUT2D eigenvalue weighted by atomic mass is 10.1. The standard InChI is InChI=1S/C18H15FN4O2/c1-11-4-2-3-5-12(11)10-22-16-15(20-21-22)17(24)23(18(16)25)14-8-6-13(19)7-9-14/h2-9,15-16H,10H2,1H3/t15-,16-/m1/s1. The van der Waals surface area contributed by atoms with Gasteiger partial charge in [0.15, 0.2) is 12.1 Å². The van der Waals surface area contributed by atoms with Crippen LogP contribution in [0.25, 0.3) is 0 Å². The molecule has 0 unspecified atom stereocenters. The molecule has 0 saturated carbocycles. The van der Waals surface area contributed by atoms with Gasteiger partial charge in [-0.25, -0.2) is 9.29 Å². The molecule has 126 valence electrons. The Hall–Kier alpha value is -3.09. The largest absolute Gasteiger partial charge is 0.271 e. The fourth-order valence-corrected chi connectivity index (χ4v) is 3.16. The van der Waals surface area contributed by atoms with Crippen LogP contribution < -0.4 is 4.90 Å². The van der Waals surface area contributed by atoms with E-state index >= 15 is 0 Å². The lowest BCUT2D eigenvalue weighted by Crippen LogP contribution is -2.39. The number of rotatable bonds is 3. The molecular formula is C18H15FN4O2. The lowest BCUT2D eigenvalue weighted by molar-refractivity contribution is -0.123. The highest BCUT2D eigenvalue weighted by molar-refractivity contribution is 6.25. The molecule has 0 spiro atoms. The smallest absolute Gasteiger partial charge is 0.263 e. The van der Waals surface area contributed by atoms with Crippen LogP contribution in [0.4, 0.5) is 10.1 Å². The van der Waals surface area contributed by atoms with Crippen LogP contribution in [0.5, 0.6) is 0 Å². The Morgan fingerprint density at radius 2 is 1.76 bits per heavy atom. The molecule has 2 heterocycles. The molecule has 2 aliphatic heterocycles. The van der Waals surface area contributed by atoms with Crippen molar-refractivity contribution in [2.75, 3.05) is 4.90 Å². The van der Waals surface area contributed by atoms with Crippen LogP contribution in [0.2, 0.25) is 0 Å². The summed E-state index contributed by atoms with van der Waals surface area (Å²) in [6.45, 7) is 2.38. The van der Waals surface area contributed by atoms with Gasteiger partial charge in [0.25, 0.3) is 11.8 Å². The summed E-state index contributed by atoms with van der Waals surface area (Å²) in [4.78, 5) is 26.5. The second-order valence-corrected chi connectivity index (χ2v) is 6.11. The molecule has 1 fully saturated rings. The number of nitrogens with zero attached hydrogens (tertiary/aromatic N) is 4. The molecule has 0 aliphatic carbocycles. The van der Waals surface area contributed by atoms with E-state index in [4.69, 9.17) is 0 Å². The Labute approximate surface area is 143 Å². The normalized spacial score (nSPS) is 22.0. The van der Waals surface area contributed by atoms with Gasteiger partial charge in [0.05, 0.1) is 12.2 Å². The fraction of sp³-hybridized carbons (Fsp3) is 0.222. The minimum absolute atomic E-state index is 0.344. The molecule has 2 atom stereocenters. The molecule has 25 heavy (non-hydrogen) atoms. The fourth-order valence-electron chi connectivity index (χ4n) is 3.16. The van der Waals surface area contributed by atoms with Crippen LogP contribution in [0.15, 0.2) is 58.9 Å². The number of hydrogen-bond acceptors (Lipinski definition) is 5. The summed E-state index contributed by atoms with van der Waals surface area (Å²) >= 11 is 0. The Balaban J connectivity index is 1.62. The van der Waals surface area contributed by atoms with Crippen molar-refractivity contribution in [3.05, 3.63) is 65.5 Å².